The summed E-state index contributed by atoms with van der Waals surface area (Å²) in [5.74, 6) is 0. The number of para-hydroxylation sites is 2. The monoisotopic (exact) mass is 437 g/mol. The van der Waals surface area contributed by atoms with E-state index in [-0.39, 0.29) is 88.7 Å². The molecule has 1 aromatic carbocycles. The molecule has 1 aromatic heterocycles. The van der Waals surface area contributed by atoms with Crippen LogP contribution in [0.25, 0.3) is 11.0 Å². The molecule has 3 rings (SSSR count). The van der Waals surface area contributed by atoms with Gasteiger partial charge in [0.15, 0.2) is 0 Å². The molecular formula is C11H14F3N5Na3O4P. The molecule has 0 aliphatic carbocycles. The summed E-state index contributed by atoms with van der Waals surface area (Å²) < 4.78 is 37.5. The van der Waals surface area contributed by atoms with Crippen LogP contribution in [0.2, 0.25) is 0 Å². The average molecular weight is 437 g/mol. The van der Waals surface area contributed by atoms with E-state index in [1.807, 2.05) is 24.3 Å². The number of alkyl halides is 3. The molecule has 1 saturated heterocycles. The molecule has 27 heavy (non-hydrogen) atoms. The van der Waals surface area contributed by atoms with Gasteiger partial charge in [-0.1, -0.05) is 12.1 Å². The quantitative estimate of drug-likeness (QED) is 0.270. The fraction of sp³-hybridized carbons (Fsp3) is 0.273. The van der Waals surface area contributed by atoms with E-state index in [2.05, 4.69) is 26.4 Å². The van der Waals surface area contributed by atoms with Gasteiger partial charge in [-0.15, -0.1) is 0 Å². The standard InChI is InChI=1S/C8H6N2.C2H7N3.CHF3.3Na.H3O4P/c1-2-4-8-7(3-1)9-5-6-10-8;1-2-4-5-3-1;2-1(3)4;;;;1-5(2,3)4/h1-6H;3-5H,1-2H2;1H;;;;(H3,1,2,3,4)/q;;;3*+1;/p-3. The molecule has 0 radical (unpaired) electrons. The van der Waals surface area contributed by atoms with E-state index >= 15 is 0 Å². The van der Waals surface area contributed by atoms with Crippen molar-refractivity contribution in [2.75, 3.05) is 13.1 Å². The van der Waals surface area contributed by atoms with Crippen molar-refractivity contribution in [2.45, 2.75) is 6.68 Å². The summed E-state index contributed by atoms with van der Waals surface area (Å²) in [6.45, 7) is -1.61. The van der Waals surface area contributed by atoms with Crippen LogP contribution in [0, 0.1) is 0 Å². The zero-order valence-corrected chi connectivity index (χ0v) is 22.0. The Morgan fingerprint density at radius 3 is 1.41 bits per heavy atom. The van der Waals surface area contributed by atoms with Gasteiger partial charge in [-0.2, -0.15) is 26.5 Å². The third kappa shape index (κ3) is 29.6. The minimum Gasteiger partial charge on any atom is -0.822 e. The molecule has 136 valence electrons. The smallest absolute Gasteiger partial charge is 0.822 e. The molecule has 0 unspecified atom stereocenters. The summed E-state index contributed by atoms with van der Waals surface area (Å²) in [4.78, 5) is 33.9. The van der Waals surface area contributed by atoms with Crippen LogP contribution in [0.4, 0.5) is 13.2 Å². The van der Waals surface area contributed by atoms with Crippen molar-refractivity contribution < 1.29 is 121 Å². The second-order valence-electron chi connectivity index (χ2n) is 3.72. The molecule has 2 heterocycles. The Balaban J connectivity index is -0.000000136. The number of benzene rings is 1. The summed E-state index contributed by atoms with van der Waals surface area (Å²) in [5, 5.41) is 0. The van der Waals surface area contributed by atoms with Crippen LogP contribution in [-0.4, -0.2) is 29.7 Å². The molecule has 0 atom stereocenters. The Morgan fingerprint density at radius 2 is 1.19 bits per heavy atom. The molecule has 16 heteroatoms. The maximum Gasteiger partial charge on any atom is 1.00 e. The van der Waals surface area contributed by atoms with Gasteiger partial charge in [-0.25, -0.2) is 10.9 Å². The van der Waals surface area contributed by atoms with Crippen LogP contribution in [0.3, 0.4) is 0 Å². The summed E-state index contributed by atoms with van der Waals surface area (Å²) in [6, 6.07) is 7.80. The van der Waals surface area contributed by atoms with Gasteiger partial charge >= 0.3 is 95.4 Å². The zero-order valence-electron chi connectivity index (χ0n) is 15.1. The topological polar surface area (TPSA) is 148 Å². The minimum absolute atomic E-state index is 0. The van der Waals surface area contributed by atoms with E-state index in [1.165, 1.54) is 0 Å². The van der Waals surface area contributed by atoms with Crippen LogP contribution in [0.1, 0.15) is 0 Å². The molecular weight excluding hydrogens is 423 g/mol. The molecule has 0 saturated carbocycles. The first-order valence-corrected chi connectivity index (χ1v) is 7.68. The number of aromatic nitrogens is 2. The number of phosphoric acid groups is 1. The van der Waals surface area contributed by atoms with E-state index in [0.29, 0.717) is 0 Å². The third-order valence-electron chi connectivity index (χ3n) is 1.93. The Labute approximate surface area is 220 Å². The number of hydrogen-bond acceptors (Lipinski definition) is 9. The van der Waals surface area contributed by atoms with Gasteiger partial charge in [0, 0.05) is 25.5 Å². The van der Waals surface area contributed by atoms with Gasteiger partial charge in [0.05, 0.1) is 11.0 Å². The molecule has 2 aromatic rings. The predicted octanol–water partition coefficient (Wildman–Crippen LogP) is -10.4. The minimum atomic E-state index is -5.39. The summed E-state index contributed by atoms with van der Waals surface area (Å²) >= 11 is 0. The maximum atomic E-state index is 9.67. The van der Waals surface area contributed by atoms with Gasteiger partial charge in [-0.3, -0.25) is 9.97 Å². The molecule has 3 N–H and O–H groups in total. The number of nitrogens with zero attached hydrogens (tertiary/aromatic N) is 2. The first-order chi connectivity index (χ1) is 11.2. The third-order valence-corrected chi connectivity index (χ3v) is 1.93. The van der Waals surface area contributed by atoms with Crippen LogP contribution >= 0.6 is 7.82 Å². The number of halogens is 3. The van der Waals surface area contributed by atoms with Gasteiger partial charge in [-0.05, 0) is 12.1 Å². The first kappa shape index (κ1) is 35.8. The largest absolute Gasteiger partial charge is 1.00 e. The van der Waals surface area contributed by atoms with Crippen LogP contribution < -0.4 is 120 Å². The summed E-state index contributed by atoms with van der Waals surface area (Å²) in [5.41, 5.74) is 10.3. The van der Waals surface area contributed by atoms with E-state index in [9.17, 15) is 13.2 Å². The van der Waals surface area contributed by atoms with Crippen molar-refractivity contribution >= 4 is 18.9 Å². The van der Waals surface area contributed by atoms with E-state index < -0.39 is 14.5 Å². The first-order valence-electron chi connectivity index (χ1n) is 6.22. The summed E-state index contributed by atoms with van der Waals surface area (Å²) in [6.07, 6.45) is 3.39. The van der Waals surface area contributed by atoms with Crippen molar-refractivity contribution in [3.8, 4) is 0 Å². The molecule has 1 fully saturated rings. The Kier molecular flexibility index (Phi) is 29.2. The van der Waals surface area contributed by atoms with Crippen molar-refractivity contribution in [2.24, 2.45) is 0 Å². The number of hydrogen-bond donors (Lipinski definition) is 3. The van der Waals surface area contributed by atoms with Crippen molar-refractivity contribution in [1.82, 2.24) is 26.4 Å². The summed E-state index contributed by atoms with van der Waals surface area (Å²) in [7, 11) is -5.39. The molecule has 0 spiro atoms. The predicted molar refractivity (Wildman–Crippen MR) is 73.4 cm³/mol. The average Bonchev–Trinajstić information content (AvgIpc) is 3.04. The second-order valence-corrected chi connectivity index (χ2v) is 4.61. The van der Waals surface area contributed by atoms with Crippen LogP contribution in [0.5, 0.6) is 0 Å². The number of nitrogens with one attached hydrogen (secondary N) is 3. The van der Waals surface area contributed by atoms with Crippen LogP contribution in [-0.2, 0) is 4.57 Å². The number of fused-ring (bicyclic) bond motifs is 1. The maximum absolute atomic E-state index is 9.67. The van der Waals surface area contributed by atoms with Gasteiger partial charge < -0.3 is 19.2 Å². The Hall–Kier alpha value is 1.34. The molecule has 9 nitrogen and oxygen atoms in total. The SMILES string of the molecule is C1CNNN1.FC(F)F.O=P([O-])([O-])[O-].[Na+].[Na+].[Na+].c1ccc2nccnc2c1. The zero-order chi connectivity index (χ0) is 18.4. The number of hydrazine groups is 2. The van der Waals surface area contributed by atoms with Gasteiger partial charge in [0.25, 0.3) is 0 Å². The van der Waals surface area contributed by atoms with E-state index in [4.69, 9.17) is 19.2 Å². The molecule has 1 aliphatic rings. The number of rotatable bonds is 0. The van der Waals surface area contributed by atoms with Crippen molar-refractivity contribution in [3.05, 3.63) is 36.7 Å². The Morgan fingerprint density at radius 1 is 0.889 bits per heavy atom. The Bertz CT molecular complexity index is 544. The van der Waals surface area contributed by atoms with E-state index in [0.717, 1.165) is 24.1 Å². The fourth-order valence-corrected chi connectivity index (χ4v) is 1.22. The van der Waals surface area contributed by atoms with Crippen molar-refractivity contribution in [1.29, 1.82) is 0 Å². The van der Waals surface area contributed by atoms with Crippen LogP contribution in [0.15, 0.2) is 36.7 Å². The van der Waals surface area contributed by atoms with Crippen molar-refractivity contribution in [3.63, 3.8) is 0 Å². The molecule has 0 bridgehead atoms. The normalized spacial score (nSPS) is 11.7. The fourth-order valence-electron chi connectivity index (χ4n) is 1.22. The second kappa shape index (κ2) is 22.0. The van der Waals surface area contributed by atoms with Gasteiger partial charge in [0.2, 0.25) is 0 Å². The van der Waals surface area contributed by atoms with Gasteiger partial charge in [0.1, 0.15) is 0 Å². The molecule has 1 aliphatic heterocycles. The van der Waals surface area contributed by atoms with E-state index in [1.54, 1.807) is 12.4 Å². The molecule has 0 amide bonds.